The zero-order valence-corrected chi connectivity index (χ0v) is 14.3. The van der Waals surface area contributed by atoms with Gasteiger partial charge in [0.25, 0.3) is 0 Å². The van der Waals surface area contributed by atoms with E-state index in [1.807, 2.05) is 12.1 Å². The maximum absolute atomic E-state index is 11.7. The second-order valence-electron chi connectivity index (χ2n) is 5.12. The number of methoxy groups -OCH3 is 1. The number of aliphatic hydroxyl groups excluding tert-OH is 2. The Bertz CT molecular complexity index is 560. The highest BCUT2D eigenvalue weighted by molar-refractivity contribution is 5.84. The summed E-state index contributed by atoms with van der Waals surface area (Å²) in [5.74, 6) is -1.03. The monoisotopic (exact) mass is 347 g/mol. The van der Waals surface area contributed by atoms with Gasteiger partial charge in [0.15, 0.2) is 0 Å². The quantitative estimate of drug-likeness (QED) is 0.536. The van der Waals surface area contributed by atoms with Gasteiger partial charge in [-0.1, -0.05) is 60.7 Å². The first-order valence-electron chi connectivity index (χ1n) is 7.95. The molecule has 136 valence electrons. The van der Waals surface area contributed by atoms with Crippen LogP contribution >= 0.6 is 0 Å². The van der Waals surface area contributed by atoms with Crippen LogP contribution in [0.4, 0.5) is 0 Å². The lowest BCUT2D eigenvalue weighted by Crippen LogP contribution is -2.38. The summed E-state index contributed by atoms with van der Waals surface area (Å²) in [7, 11) is 1.41. The number of hydrogen-bond acceptors (Lipinski definition) is 5. The Hall–Kier alpha value is -2.25. The Morgan fingerprint density at radius 2 is 1.32 bits per heavy atom. The van der Waals surface area contributed by atoms with E-state index in [9.17, 15) is 9.90 Å². The van der Waals surface area contributed by atoms with Crippen molar-refractivity contribution < 1.29 is 24.9 Å². The molecule has 0 saturated heterocycles. The van der Waals surface area contributed by atoms with Crippen molar-refractivity contribution >= 4 is 5.97 Å². The van der Waals surface area contributed by atoms with Crippen LogP contribution in [0.3, 0.4) is 0 Å². The first-order chi connectivity index (χ1) is 12.1. The van der Waals surface area contributed by atoms with Crippen LogP contribution in [0.1, 0.15) is 11.1 Å². The number of nitrogens with one attached hydrogen (secondary N) is 1. The molecule has 0 aliphatic heterocycles. The van der Waals surface area contributed by atoms with E-state index in [1.54, 1.807) is 48.5 Å². The lowest BCUT2D eigenvalue weighted by molar-refractivity contribution is -0.158. The average molecular weight is 347 g/mol. The fourth-order valence-corrected chi connectivity index (χ4v) is 2.37. The zero-order valence-electron chi connectivity index (χ0n) is 14.3. The van der Waals surface area contributed by atoms with E-state index in [0.717, 1.165) is 0 Å². The zero-order chi connectivity index (χ0) is 18.5. The molecule has 6 heteroatoms. The molecule has 6 nitrogen and oxygen atoms in total. The number of carbonyl (C=O) groups is 1. The minimum Gasteiger partial charge on any atom is -0.479 e. The summed E-state index contributed by atoms with van der Waals surface area (Å²) >= 11 is 0. The summed E-state index contributed by atoms with van der Waals surface area (Å²) in [5, 5.41) is 28.7. The number of hydrogen-bond donors (Lipinski definition) is 4. The SMILES string of the molecule is COC(C(=O)O)(c1ccccc1)c1ccccc1.OCCNCCO. The Kier molecular flexibility index (Phi) is 9.42. The van der Waals surface area contributed by atoms with E-state index >= 15 is 0 Å². The molecule has 0 radical (unpaired) electrons. The second kappa shape index (κ2) is 11.3. The number of aliphatic hydroxyl groups is 2. The lowest BCUT2D eigenvalue weighted by Gasteiger charge is -2.28. The van der Waals surface area contributed by atoms with Crippen LogP contribution in [0.2, 0.25) is 0 Å². The van der Waals surface area contributed by atoms with Crippen molar-refractivity contribution in [3.63, 3.8) is 0 Å². The van der Waals surface area contributed by atoms with Gasteiger partial charge in [0.05, 0.1) is 13.2 Å². The highest BCUT2D eigenvalue weighted by atomic mass is 16.5. The molecule has 0 aromatic heterocycles. The van der Waals surface area contributed by atoms with Gasteiger partial charge in [0.2, 0.25) is 5.60 Å². The number of ether oxygens (including phenoxy) is 1. The van der Waals surface area contributed by atoms with Gasteiger partial charge < -0.3 is 25.4 Å². The van der Waals surface area contributed by atoms with Gasteiger partial charge in [0.1, 0.15) is 0 Å². The minimum absolute atomic E-state index is 0.139. The van der Waals surface area contributed by atoms with E-state index in [-0.39, 0.29) is 13.2 Å². The third kappa shape index (κ3) is 5.65. The molecule has 0 amide bonds. The predicted molar refractivity (Wildman–Crippen MR) is 95.4 cm³/mol. The standard InChI is InChI=1S/C15H14O3.C4H11NO2/c1-18-15(14(16)17,12-8-4-2-5-9-12)13-10-6-3-7-11-13;6-3-1-5-2-4-7/h2-11H,1H3,(H,16,17);5-7H,1-4H2. The fraction of sp³-hybridized carbons (Fsp3) is 0.316. The van der Waals surface area contributed by atoms with Gasteiger partial charge in [-0.25, -0.2) is 4.79 Å². The summed E-state index contributed by atoms with van der Waals surface area (Å²) in [6.45, 7) is 1.42. The smallest absolute Gasteiger partial charge is 0.345 e. The van der Waals surface area contributed by atoms with Gasteiger partial charge in [-0.3, -0.25) is 0 Å². The van der Waals surface area contributed by atoms with Crippen molar-refractivity contribution in [2.24, 2.45) is 0 Å². The summed E-state index contributed by atoms with van der Waals surface area (Å²) in [6.07, 6.45) is 0. The summed E-state index contributed by atoms with van der Waals surface area (Å²) in [6, 6.07) is 17.9. The minimum atomic E-state index is -1.46. The maximum Gasteiger partial charge on any atom is 0.345 e. The van der Waals surface area contributed by atoms with Gasteiger partial charge >= 0.3 is 5.97 Å². The van der Waals surface area contributed by atoms with Crippen LogP contribution in [0, 0.1) is 0 Å². The Labute approximate surface area is 147 Å². The van der Waals surface area contributed by atoms with Crippen molar-refractivity contribution in [1.29, 1.82) is 0 Å². The molecule has 0 heterocycles. The van der Waals surface area contributed by atoms with Crippen molar-refractivity contribution in [2.45, 2.75) is 5.60 Å². The molecule has 0 aliphatic carbocycles. The van der Waals surface area contributed by atoms with E-state index < -0.39 is 11.6 Å². The second-order valence-corrected chi connectivity index (χ2v) is 5.12. The first-order valence-corrected chi connectivity index (χ1v) is 7.95. The molecule has 0 saturated carbocycles. The highest BCUT2D eigenvalue weighted by Crippen LogP contribution is 2.33. The third-order valence-electron chi connectivity index (χ3n) is 3.55. The molecule has 25 heavy (non-hydrogen) atoms. The number of carboxylic acids is 1. The van der Waals surface area contributed by atoms with Crippen LogP contribution in [0.25, 0.3) is 0 Å². The molecule has 0 fully saturated rings. The predicted octanol–water partition coefficient (Wildman–Crippen LogP) is 1.22. The van der Waals surface area contributed by atoms with Crippen molar-refractivity contribution in [1.82, 2.24) is 5.32 Å². The molecular formula is C19H25NO5. The molecule has 2 rings (SSSR count). The molecular weight excluding hydrogens is 322 g/mol. The van der Waals surface area contributed by atoms with E-state index in [0.29, 0.717) is 24.2 Å². The Morgan fingerprint density at radius 1 is 0.920 bits per heavy atom. The summed E-state index contributed by atoms with van der Waals surface area (Å²) < 4.78 is 5.37. The van der Waals surface area contributed by atoms with Gasteiger partial charge in [0, 0.05) is 20.2 Å². The average Bonchev–Trinajstić information content (AvgIpc) is 2.65. The van der Waals surface area contributed by atoms with Crippen molar-refractivity contribution in [3.8, 4) is 0 Å². The molecule has 0 unspecified atom stereocenters. The van der Waals surface area contributed by atoms with Gasteiger partial charge in [-0.15, -0.1) is 0 Å². The number of carboxylic acid groups (broad SMARTS) is 1. The molecule has 0 spiro atoms. The van der Waals surface area contributed by atoms with E-state index in [2.05, 4.69) is 5.32 Å². The van der Waals surface area contributed by atoms with Crippen molar-refractivity contribution in [3.05, 3.63) is 71.8 Å². The fourth-order valence-electron chi connectivity index (χ4n) is 2.37. The van der Waals surface area contributed by atoms with Crippen LogP contribution in [-0.4, -0.2) is 54.7 Å². The highest BCUT2D eigenvalue weighted by Gasteiger charge is 2.42. The maximum atomic E-state index is 11.7. The van der Waals surface area contributed by atoms with E-state index in [1.165, 1.54) is 7.11 Å². The van der Waals surface area contributed by atoms with Gasteiger partial charge in [-0.05, 0) is 11.1 Å². The largest absolute Gasteiger partial charge is 0.479 e. The number of aliphatic carboxylic acids is 1. The van der Waals surface area contributed by atoms with Crippen LogP contribution < -0.4 is 5.32 Å². The third-order valence-corrected chi connectivity index (χ3v) is 3.55. The number of rotatable bonds is 8. The summed E-state index contributed by atoms with van der Waals surface area (Å²) in [4.78, 5) is 11.7. The normalized spacial score (nSPS) is 10.7. The van der Waals surface area contributed by atoms with Crippen LogP contribution in [0.5, 0.6) is 0 Å². The van der Waals surface area contributed by atoms with E-state index in [4.69, 9.17) is 14.9 Å². The Balaban J connectivity index is 0.000000381. The number of benzene rings is 2. The van der Waals surface area contributed by atoms with Crippen LogP contribution in [-0.2, 0) is 15.1 Å². The van der Waals surface area contributed by atoms with Crippen LogP contribution in [0.15, 0.2) is 60.7 Å². The topological polar surface area (TPSA) is 99.0 Å². The summed E-state index contributed by atoms with van der Waals surface area (Å²) in [5.41, 5.74) is -0.250. The lowest BCUT2D eigenvalue weighted by atomic mass is 9.86. The molecule has 4 N–H and O–H groups in total. The van der Waals surface area contributed by atoms with Crippen molar-refractivity contribution in [2.75, 3.05) is 33.4 Å². The molecule has 2 aromatic rings. The molecule has 0 aliphatic rings. The Morgan fingerprint density at radius 3 is 1.60 bits per heavy atom. The molecule has 2 aromatic carbocycles. The molecule has 0 atom stereocenters. The van der Waals surface area contributed by atoms with Gasteiger partial charge in [-0.2, -0.15) is 0 Å². The first kappa shape index (κ1) is 20.8. The molecule has 0 bridgehead atoms.